The van der Waals surface area contributed by atoms with Crippen LogP contribution in [0.15, 0.2) is 23.1 Å². The summed E-state index contributed by atoms with van der Waals surface area (Å²) in [7, 11) is 0. The molecule has 0 aliphatic carbocycles. The molecule has 60 valence electrons. The Labute approximate surface area is 70.0 Å². The fraction of sp³-hybridized carbons (Fsp3) is 0.375. The smallest absolute Gasteiger partial charge is 0.328 e. The minimum absolute atomic E-state index is 0.874. The summed E-state index contributed by atoms with van der Waals surface area (Å²) in [6, 6.07) is 0. The van der Waals surface area contributed by atoms with Crippen molar-refractivity contribution in [2.45, 2.75) is 12.8 Å². The molecule has 0 aromatic heterocycles. The molecule has 1 heterocycles. The molecule has 1 aliphatic rings. The maximum Gasteiger partial charge on any atom is 0.328 e. The van der Waals surface area contributed by atoms with Crippen molar-refractivity contribution >= 4 is 17.7 Å². The van der Waals surface area contributed by atoms with E-state index in [9.17, 15) is 4.79 Å². The Balaban J connectivity index is 2.47. The first kappa shape index (κ1) is 8.40. The second kappa shape index (κ2) is 4.23. The van der Waals surface area contributed by atoms with Crippen molar-refractivity contribution in [1.29, 1.82) is 0 Å². The third-order valence-corrected chi connectivity index (χ3v) is 2.40. The van der Waals surface area contributed by atoms with Crippen molar-refractivity contribution in [2.24, 2.45) is 0 Å². The first-order valence-electron chi connectivity index (χ1n) is 3.51. The Bertz CT molecular complexity index is 206. The molecular weight excluding hydrogens is 160 g/mol. The van der Waals surface area contributed by atoms with Gasteiger partial charge < -0.3 is 5.11 Å². The molecule has 0 fully saturated rings. The van der Waals surface area contributed by atoms with Crippen LogP contribution >= 0.6 is 11.8 Å². The Morgan fingerprint density at radius 3 is 3.09 bits per heavy atom. The van der Waals surface area contributed by atoms with E-state index in [1.165, 1.54) is 6.08 Å². The van der Waals surface area contributed by atoms with Crippen LogP contribution in [0.25, 0.3) is 0 Å². The molecule has 0 saturated heterocycles. The van der Waals surface area contributed by atoms with E-state index in [2.05, 4.69) is 0 Å². The normalized spacial score (nSPS) is 18.4. The van der Waals surface area contributed by atoms with E-state index in [1.54, 1.807) is 17.8 Å². The molecule has 0 saturated carbocycles. The lowest BCUT2D eigenvalue weighted by Gasteiger charge is -2.06. The van der Waals surface area contributed by atoms with E-state index in [0.717, 1.165) is 24.2 Å². The number of hydrogen-bond donors (Lipinski definition) is 1. The van der Waals surface area contributed by atoms with Crippen molar-refractivity contribution in [2.75, 3.05) is 5.75 Å². The van der Waals surface area contributed by atoms with Gasteiger partial charge in [-0.05, 0) is 29.6 Å². The summed E-state index contributed by atoms with van der Waals surface area (Å²) in [4.78, 5) is 10.1. The predicted molar refractivity (Wildman–Crippen MR) is 46.6 cm³/mol. The lowest BCUT2D eigenvalue weighted by atomic mass is 10.1. The van der Waals surface area contributed by atoms with Crippen LogP contribution in [0.1, 0.15) is 12.8 Å². The molecule has 0 atom stereocenters. The Morgan fingerprint density at radius 2 is 2.55 bits per heavy atom. The maximum absolute atomic E-state index is 10.1. The molecule has 1 aliphatic heterocycles. The molecule has 2 nitrogen and oxygen atoms in total. The van der Waals surface area contributed by atoms with E-state index < -0.39 is 5.97 Å². The molecule has 0 radical (unpaired) electrons. The van der Waals surface area contributed by atoms with Crippen molar-refractivity contribution < 1.29 is 9.90 Å². The number of hydrogen-bond acceptors (Lipinski definition) is 2. The number of rotatable bonds is 2. The molecular formula is C8H10O2S. The van der Waals surface area contributed by atoms with E-state index in [0.29, 0.717) is 0 Å². The largest absolute Gasteiger partial charge is 0.478 e. The molecule has 0 unspecified atom stereocenters. The van der Waals surface area contributed by atoms with Gasteiger partial charge in [0.15, 0.2) is 0 Å². The Hall–Kier alpha value is -0.700. The highest BCUT2D eigenvalue weighted by molar-refractivity contribution is 8.02. The summed E-state index contributed by atoms with van der Waals surface area (Å²) in [6.45, 7) is 0. The highest BCUT2D eigenvalue weighted by atomic mass is 32.2. The zero-order valence-electron chi connectivity index (χ0n) is 6.12. The monoisotopic (exact) mass is 170 g/mol. The van der Waals surface area contributed by atoms with Gasteiger partial charge in [0.05, 0.1) is 0 Å². The zero-order valence-corrected chi connectivity index (χ0v) is 6.93. The van der Waals surface area contributed by atoms with Crippen LogP contribution in [0.3, 0.4) is 0 Å². The molecule has 0 spiro atoms. The molecule has 0 bridgehead atoms. The second-order valence-corrected chi connectivity index (χ2v) is 3.32. The summed E-state index contributed by atoms with van der Waals surface area (Å²) in [5.41, 5.74) is 1.13. The minimum Gasteiger partial charge on any atom is -0.478 e. The van der Waals surface area contributed by atoms with Crippen LogP contribution in [0.2, 0.25) is 0 Å². The Morgan fingerprint density at radius 1 is 1.73 bits per heavy atom. The summed E-state index contributed by atoms with van der Waals surface area (Å²) >= 11 is 1.75. The standard InChI is InChI=1S/C8H10O2S/c9-8(10)4-3-7-2-1-5-11-6-7/h3-4,6H,1-2,5H2,(H,9,10)/b4-3+. The lowest BCUT2D eigenvalue weighted by molar-refractivity contribution is -0.131. The van der Waals surface area contributed by atoms with Crippen LogP contribution in [-0.4, -0.2) is 16.8 Å². The van der Waals surface area contributed by atoms with E-state index in [1.807, 2.05) is 5.41 Å². The van der Waals surface area contributed by atoms with Gasteiger partial charge in [-0.25, -0.2) is 4.79 Å². The molecule has 1 N–H and O–H groups in total. The van der Waals surface area contributed by atoms with Gasteiger partial charge in [-0.15, -0.1) is 11.8 Å². The number of carboxylic acids is 1. The minimum atomic E-state index is -0.874. The van der Waals surface area contributed by atoms with E-state index in [4.69, 9.17) is 5.11 Å². The van der Waals surface area contributed by atoms with Crippen molar-refractivity contribution in [3.63, 3.8) is 0 Å². The van der Waals surface area contributed by atoms with Gasteiger partial charge in [0.2, 0.25) is 0 Å². The first-order valence-corrected chi connectivity index (χ1v) is 4.55. The summed E-state index contributed by atoms with van der Waals surface area (Å²) in [5, 5.41) is 10.4. The van der Waals surface area contributed by atoms with Gasteiger partial charge >= 0.3 is 5.97 Å². The number of carboxylic acid groups (broad SMARTS) is 1. The summed E-state index contributed by atoms with van der Waals surface area (Å²) in [6.07, 6.45) is 5.03. The van der Waals surface area contributed by atoms with Gasteiger partial charge in [-0.3, -0.25) is 0 Å². The average molecular weight is 170 g/mol. The topological polar surface area (TPSA) is 37.3 Å². The van der Waals surface area contributed by atoms with Gasteiger partial charge in [0, 0.05) is 6.08 Å². The van der Waals surface area contributed by atoms with Gasteiger partial charge in [-0.2, -0.15) is 0 Å². The maximum atomic E-state index is 10.1. The van der Waals surface area contributed by atoms with Gasteiger partial charge in [0.25, 0.3) is 0 Å². The van der Waals surface area contributed by atoms with Crippen LogP contribution in [0.4, 0.5) is 0 Å². The second-order valence-electron chi connectivity index (χ2n) is 2.34. The molecule has 3 heteroatoms. The number of thioether (sulfide) groups is 1. The number of allylic oxidation sites excluding steroid dienone is 2. The van der Waals surface area contributed by atoms with Crippen LogP contribution in [-0.2, 0) is 4.79 Å². The van der Waals surface area contributed by atoms with Crippen molar-refractivity contribution in [3.8, 4) is 0 Å². The van der Waals surface area contributed by atoms with E-state index in [-0.39, 0.29) is 0 Å². The van der Waals surface area contributed by atoms with Crippen LogP contribution in [0, 0.1) is 0 Å². The zero-order chi connectivity index (χ0) is 8.10. The average Bonchev–Trinajstić information content (AvgIpc) is 2.03. The van der Waals surface area contributed by atoms with Crippen molar-refractivity contribution in [3.05, 3.63) is 23.1 Å². The summed E-state index contributed by atoms with van der Waals surface area (Å²) in [5.74, 6) is 0.284. The fourth-order valence-electron chi connectivity index (χ4n) is 0.885. The third-order valence-electron chi connectivity index (χ3n) is 1.40. The Kier molecular flexibility index (Phi) is 3.23. The van der Waals surface area contributed by atoms with Crippen molar-refractivity contribution in [1.82, 2.24) is 0 Å². The first-order chi connectivity index (χ1) is 5.29. The fourth-order valence-corrected chi connectivity index (χ4v) is 1.72. The number of aliphatic carboxylic acids is 1. The highest BCUT2D eigenvalue weighted by Gasteiger charge is 2.00. The highest BCUT2D eigenvalue weighted by Crippen LogP contribution is 2.21. The molecule has 0 amide bonds. The number of carbonyl (C=O) groups is 1. The third kappa shape index (κ3) is 3.28. The SMILES string of the molecule is O=C(O)/C=C/C1=CSCCC1. The molecule has 1 rings (SSSR count). The quantitative estimate of drug-likeness (QED) is 0.644. The molecule has 0 aromatic carbocycles. The molecule has 0 aromatic rings. The predicted octanol–water partition coefficient (Wildman–Crippen LogP) is 2.04. The lowest BCUT2D eigenvalue weighted by Crippen LogP contribution is -1.91. The van der Waals surface area contributed by atoms with Gasteiger partial charge in [-0.1, -0.05) is 6.08 Å². The summed E-state index contributed by atoms with van der Waals surface area (Å²) < 4.78 is 0. The van der Waals surface area contributed by atoms with E-state index >= 15 is 0 Å². The van der Waals surface area contributed by atoms with Crippen LogP contribution < -0.4 is 0 Å². The molecule has 11 heavy (non-hydrogen) atoms. The van der Waals surface area contributed by atoms with Gasteiger partial charge in [0.1, 0.15) is 0 Å². The van der Waals surface area contributed by atoms with Crippen LogP contribution in [0.5, 0.6) is 0 Å².